The van der Waals surface area contributed by atoms with E-state index in [1.807, 2.05) is 31.2 Å². The van der Waals surface area contributed by atoms with E-state index in [2.05, 4.69) is 10.5 Å². The SMILES string of the molecule is Cc1cccc(NN=C(C=O)C(=O)c2cccs2)c1. The molecule has 0 aliphatic rings. The molecule has 0 aliphatic carbocycles. The predicted octanol–water partition coefficient (Wildman–Crippen LogP) is 2.91. The van der Waals surface area contributed by atoms with Gasteiger partial charge in [-0.1, -0.05) is 18.2 Å². The molecule has 0 spiro atoms. The third kappa shape index (κ3) is 3.35. The third-order valence-corrected chi connectivity index (χ3v) is 3.28. The summed E-state index contributed by atoms with van der Waals surface area (Å²) in [5.74, 6) is -0.370. The van der Waals surface area contributed by atoms with Gasteiger partial charge in [-0.05, 0) is 36.1 Å². The lowest BCUT2D eigenvalue weighted by atomic mass is 10.2. The van der Waals surface area contributed by atoms with Crippen molar-refractivity contribution in [3.63, 3.8) is 0 Å². The number of aryl methyl sites for hydroxylation is 1. The van der Waals surface area contributed by atoms with Crippen molar-refractivity contribution in [1.29, 1.82) is 0 Å². The van der Waals surface area contributed by atoms with E-state index in [1.165, 1.54) is 11.3 Å². The number of thiophene rings is 1. The van der Waals surface area contributed by atoms with E-state index in [1.54, 1.807) is 17.5 Å². The topological polar surface area (TPSA) is 58.5 Å². The second-order valence-electron chi connectivity index (χ2n) is 3.90. The molecule has 1 heterocycles. The molecule has 0 fully saturated rings. The normalized spacial score (nSPS) is 11.1. The molecule has 1 N–H and O–H groups in total. The fourth-order valence-electron chi connectivity index (χ4n) is 1.50. The van der Waals surface area contributed by atoms with Gasteiger partial charge < -0.3 is 0 Å². The van der Waals surface area contributed by atoms with E-state index >= 15 is 0 Å². The molecule has 0 unspecified atom stereocenters. The van der Waals surface area contributed by atoms with Gasteiger partial charge in [0.15, 0.2) is 12.0 Å². The molecule has 0 atom stereocenters. The van der Waals surface area contributed by atoms with Crippen LogP contribution in [0.15, 0.2) is 46.9 Å². The van der Waals surface area contributed by atoms with Crippen LogP contribution in [0, 0.1) is 6.92 Å². The zero-order valence-electron chi connectivity index (χ0n) is 10.3. The van der Waals surface area contributed by atoms with Crippen LogP contribution in [-0.4, -0.2) is 17.8 Å². The summed E-state index contributed by atoms with van der Waals surface area (Å²) in [4.78, 5) is 23.4. The number of anilines is 1. The minimum atomic E-state index is -0.370. The first-order valence-corrected chi connectivity index (χ1v) is 6.52. The third-order valence-electron chi connectivity index (χ3n) is 2.41. The number of hydrogen-bond acceptors (Lipinski definition) is 5. The number of carbonyl (C=O) groups is 2. The van der Waals surface area contributed by atoms with Crippen LogP contribution < -0.4 is 5.43 Å². The fourth-order valence-corrected chi connectivity index (χ4v) is 2.18. The Labute approximate surface area is 114 Å². The average molecular weight is 272 g/mol. The van der Waals surface area contributed by atoms with Crippen molar-refractivity contribution in [3.05, 3.63) is 52.2 Å². The molecule has 96 valence electrons. The molecular weight excluding hydrogens is 260 g/mol. The van der Waals surface area contributed by atoms with Gasteiger partial charge in [0.25, 0.3) is 0 Å². The summed E-state index contributed by atoms with van der Waals surface area (Å²) in [5, 5.41) is 5.65. The van der Waals surface area contributed by atoms with Crippen molar-refractivity contribution in [1.82, 2.24) is 0 Å². The van der Waals surface area contributed by atoms with Crippen molar-refractivity contribution in [2.75, 3.05) is 5.43 Å². The van der Waals surface area contributed by atoms with E-state index in [0.29, 0.717) is 11.2 Å². The maximum absolute atomic E-state index is 11.9. The number of aldehydes is 1. The van der Waals surface area contributed by atoms with Gasteiger partial charge in [-0.3, -0.25) is 15.0 Å². The molecule has 19 heavy (non-hydrogen) atoms. The number of ketones is 1. The number of rotatable bonds is 5. The average Bonchev–Trinajstić information content (AvgIpc) is 2.93. The van der Waals surface area contributed by atoms with Gasteiger partial charge in [0.1, 0.15) is 0 Å². The highest BCUT2D eigenvalue weighted by Crippen LogP contribution is 2.11. The van der Waals surface area contributed by atoms with E-state index in [4.69, 9.17) is 0 Å². The Balaban J connectivity index is 2.16. The van der Waals surface area contributed by atoms with E-state index < -0.39 is 0 Å². The standard InChI is InChI=1S/C14H12N2O2S/c1-10-4-2-5-11(8-10)15-16-12(9-17)14(18)13-6-3-7-19-13/h2-9,15H,1H3. The van der Waals surface area contributed by atoms with Gasteiger partial charge >= 0.3 is 0 Å². The molecule has 0 saturated carbocycles. The Kier molecular flexibility index (Phi) is 4.20. The van der Waals surface area contributed by atoms with Gasteiger partial charge in [-0.2, -0.15) is 5.10 Å². The largest absolute Gasteiger partial charge is 0.296 e. The summed E-state index contributed by atoms with van der Waals surface area (Å²) < 4.78 is 0. The number of hydrogen-bond donors (Lipinski definition) is 1. The Hall–Kier alpha value is -2.27. The zero-order valence-corrected chi connectivity index (χ0v) is 11.1. The van der Waals surface area contributed by atoms with Gasteiger partial charge in [0.05, 0.1) is 10.6 Å². The van der Waals surface area contributed by atoms with E-state index in [-0.39, 0.29) is 11.5 Å². The van der Waals surface area contributed by atoms with Crippen molar-refractivity contribution in [3.8, 4) is 0 Å². The molecule has 2 aromatic rings. The summed E-state index contributed by atoms with van der Waals surface area (Å²) in [6, 6.07) is 10.9. The number of carbonyl (C=O) groups excluding carboxylic acids is 2. The zero-order chi connectivity index (χ0) is 13.7. The van der Waals surface area contributed by atoms with Crippen LogP contribution in [0.2, 0.25) is 0 Å². The van der Waals surface area contributed by atoms with Gasteiger partial charge in [-0.15, -0.1) is 11.3 Å². The van der Waals surface area contributed by atoms with Crippen LogP contribution in [0.3, 0.4) is 0 Å². The lowest BCUT2D eigenvalue weighted by molar-refractivity contribution is -0.102. The summed E-state index contributed by atoms with van der Waals surface area (Å²) in [6.07, 6.45) is 0.463. The summed E-state index contributed by atoms with van der Waals surface area (Å²) in [7, 11) is 0. The monoisotopic (exact) mass is 272 g/mol. The Bertz CT molecular complexity index is 618. The Morgan fingerprint density at radius 1 is 1.32 bits per heavy atom. The summed E-state index contributed by atoms with van der Waals surface area (Å²) >= 11 is 1.28. The van der Waals surface area contributed by atoms with Crippen molar-refractivity contribution < 1.29 is 9.59 Å². The quantitative estimate of drug-likeness (QED) is 0.299. The van der Waals surface area contributed by atoms with Crippen LogP contribution in [0.25, 0.3) is 0 Å². The van der Waals surface area contributed by atoms with Crippen LogP contribution in [0.1, 0.15) is 15.2 Å². The Morgan fingerprint density at radius 3 is 2.79 bits per heavy atom. The first-order chi connectivity index (χ1) is 9.20. The second kappa shape index (κ2) is 6.06. The molecular formula is C14H12N2O2S. The highest BCUT2D eigenvalue weighted by molar-refractivity contribution is 7.13. The summed E-state index contributed by atoms with van der Waals surface area (Å²) in [6.45, 7) is 1.95. The van der Waals surface area contributed by atoms with Crippen LogP contribution in [-0.2, 0) is 4.79 Å². The summed E-state index contributed by atoms with van der Waals surface area (Å²) in [5.41, 5.74) is 4.39. The molecule has 1 aromatic carbocycles. The number of nitrogens with one attached hydrogen (secondary N) is 1. The molecule has 0 amide bonds. The van der Waals surface area contributed by atoms with Crippen LogP contribution in [0.4, 0.5) is 5.69 Å². The predicted molar refractivity (Wildman–Crippen MR) is 77.0 cm³/mol. The van der Waals surface area contributed by atoms with Gasteiger partial charge in [0.2, 0.25) is 5.78 Å². The molecule has 0 radical (unpaired) electrons. The van der Waals surface area contributed by atoms with E-state index in [9.17, 15) is 9.59 Å². The van der Waals surface area contributed by atoms with E-state index in [0.717, 1.165) is 11.3 Å². The molecule has 1 aromatic heterocycles. The highest BCUT2D eigenvalue weighted by atomic mass is 32.1. The highest BCUT2D eigenvalue weighted by Gasteiger charge is 2.14. The first kappa shape index (κ1) is 13.2. The molecule has 2 rings (SSSR count). The lowest BCUT2D eigenvalue weighted by Crippen LogP contribution is -2.16. The maximum Gasteiger partial charge on any atom is 0.226 e. The maximum atomic E-state index is 11.9. The van der Waals surface area contributed by atoms with Gasteiger partial charge in [0, 0.05) is 0 Å². The van der Waals surface area contributed by atoms with Crippen LogP contribution >= 0.6 is 11.3 Å². The fraction of sp³-hybridized carbons (Fsp3) is 0.0714. The molecule has 0 aliphatic heterocycles. The smallest absolute Gasteiger partial charge is 0.226 e. The van der Waals surface area contributed by atoms with Gasteiger partial charge in [-0.25, -0.2) is 0 Å². The van der Waals surface area contributed by atoms with Crippen LogP contribution in [0.5, 0.6) is 0 Å². The number of nitrogens with zero attached hydrogens (tertiary/aromatic N) is 1. The molecule has 0 bridgehead atoms. The van der Waals surface area contributed by atoms with Crippen molar-refractivity contribution in [2.45, 2.75) is 6.92 Å². The van der Waals surface area contributed by atoms with Crippen molar-refractivity contribution in [2.24, 2.45) is 5.10 Å². The van der Waals surface area contributed by atoms with Crippen molar-refractivity contribution >= 4 is 34.8 Å². The number of Topliss-reactive ketones (excluding diaryl/α,β-unsaturated/α-hetero) is 1. The second-order valence-corrected chi connectivity index (χ2v) is 4.85. The Morgan fingerprint density at radius 2 is 2.16 bits per heavy atom. The number of benzene rings is 1. The molecule has 0 saturated heterocycles. The molecule has 5 heteroatoms. The molecule has 4 nitrogen and oxygen atoms in total. The first-order valence-electron chi connectivity index (χ1n) is 5.64. The minimum absolute atomic E-state index is 0.135. The number of hydrazone groups is 1. The minimum Gasteiger partial charge on any atom is -0.296 e. The lowest BCUT2D eigenvalue weighted by Gasteiger charge is -2.02.